The van der Waals surface area contributed by atoms with Crippen LogP contribution >= 0.6 is 0 Å². The fraction of sp³-hybridized carbons (Fsp3) is 0.500. The molecule has 0 saturated carbocycles. The summed E-state index contributed by atoms with van der Waals surface area (Å²) in [6.07, 6.45) is 3.13. The molecule has 2 fully saturated rings. The van der Waals surface area contributed by atoms with Crippen molar-refractivity contribution in [2.45, 2.75) is 43.4 Å². The Bertz CT molecular complexity index is 989. The van der Waals surface area contributed by atoms with Crippen molar-refractivity contribution in [3.05, 3.63) is 47.4 Å². The van der Waals surface area contributed by atoms with Gasteiger partial charge >= 0.3 is 0 Å². The monoisotopic (exact) mass is 421 g/mol. The van der Waals surface area contributed by atoms with Gasteiger partial charge in [-0.2, -0.15) is 4.31 Å². The Kier molecular flexibility index (Phi) is 5.44. The summed E-state index contributed by atoms with van der Waals surface area (Å²) in [5.41, 5.74) is 0.364. The maximum Gasteiger partial charge on any atom is 0.276 e. The topological polar surface area (TPSA) is 83.7 Å². The molecule has 1 aromatic carbocycles. The van der Waals surface area contributed by atoms with Gasteiger partial charge in [0.25, 0.3) is 5.91 Å². The minimum absolute atomic E-state index is 0.0338. The maximum absolute atomic E-state index is 13.1. The number of likely N-dealkylation sites (tertiary alicyclic amines) is 1. The van der Waals surface area contributed by atoms with E-state index in [-0.39, 0.29) is 16.7 Å². The Balaban J connectivity index is 1.44. The van der Waals surface area contributed by atoms with Gasteiger partial charge in [-0.1, -0.05) is 0 Å². The lowest BCUT2D eigenvalue weighted by molar-refractivity contribution is 0.0786. The number of carbonyl (C=O) groups excluding carboxylic acids is 1. The number of piperidine rings is 1. The van der Waals surface area contributed by atoms with Gasteiger partial charge in [0.2, 0.25) is 10.0 Å². The Morgan fingerprint density at radius 3 is 2.34 bits per heavy atom. The van der Waals surface area contributed by atoms with Crippen LogP contribution in [0.5, 0.6) is 0 Å². The molecule has 1 aromatic heterocycles. The van der Waals surface area contributed by atoms with Gasteiger partial charge in [-0.05, 0) is 56.9 Å². The summed E-state index contributed by atoms with van der Waals surface area (Å²) in [7, 11) is -3.66. The Labute approximate surface area is 169 Å². The van der Waals surface area contributed by atoms with Gasteiger partial charge in [-0.25, -0.2) is 17.8 Å². The number of carbonyl (C=O) groups is 1. The van der Waals surface area contributed by atoms with E-state index in [1.54, 1.807) is 11.8 Å². The number of hydrogen-bond donors (Lipinski definition) is 0. The van der Waals surface area contributed by atoms with E-state index in [9.17, 15) is 17.6 Å². The third-order valence-corrected chi connectivity index (χ3v) is 7.58. The number of benzene rings is 1. The summed E-state index contributed by atoms with van der Waals surface area (Å²) in [6.45, 7) is 3.89. The maximum atomic E-state index is 13.1. The highest BCUT2D eigenvalue weighted by molar-refractivity contribution is 7.89. The molecule has 0 radical (unpaired) electrons. The molecule has 0 bridgehead atoms. The van der Waals surface area contributed by atoms with Crippen LogP contribution < -0.4 is 0 Å². The molecule has 0 unspecified atom stereocenters. The van der Waals surface area contributed by atoms with E-state index in [0.29, 0.717) is 43.3 Å². The molecule has 29 heavy (non-hydrogen) atoms. The third-order valence-electron chi connectivity index (χ3n) is 5.66. The van der Waals surface area contributed by atoms with E-state index in [1.165, 1.54) is 16.4 Å². The van der Waals surface area contributed by atoms with Crippen molar-refractivity contribution < 1.29 is 22.0 Å². The summed E-state index contributed by atoms with van der Waals surface area (Å²) < 4.78 is 45.8. The van der Waals surface area contributed by atoms with Gasteiger partial charge in [-0.3, -0.25) is 4.79 Å². The molecule has 7 nitrogen and oxygen atoms in total. The highest BCUT2D eigenvalue weighted by atomic mass is 32.2. The molecule has 3 heterocycles. The molecule has 0 spiro atoms. The van der Waals surface area contributed by atoms with Gasteiger partial charge in [0.1, 0.15) is 11.6 Å². The zero-order chi connectivity index (χ0) is 20.6. The molecule has 1 amide bonds. The van der Waals surface area contributed by atoms with Crippen LogP contribution in [0.15, 0.2) is 33.6 Å². The van der Waals surface area contributed by atoms with Gasteiger partial charge < -0.3 is 9.32 Å². The number of oxazole rings is 1. The van der Waals surface area contributed by atoms with Crippen LogP contribution in [0.25, 0.3) is 0 Å². The van der Waals surface area contributed by atoms with E-state index in [0.717, 1.165) is 38.1 Å². The molecule has 4 rings (SSSR count). The van der Waals surface area contributed by atoms with E-state index in [4.69, 9.17) is 4.42 Å². The zero-order valence-corrected chi connectivity index (χ0v) is 17.1. The molecule has 2 aromatic rings. The van der Waals surface area contributed by atoms with Crippen LogP contribution in [0.2, 0.25) is 0 Å². The average Bonchev–Trinajstić information content (AvgIpc) is 3.38. The molecular weight excluding hydrogens is 397 g/mol. The summed E-state index contributed by atoms with van der Waals surface area (Å²) in [5, 5.41) is 0. The number of hydrogen-bond acceptors (Lipinski definition) is 5. The fourth-order valence-electron chi connectivity index (χ4n) is 3.96. The smallest absolute Gasteiger partial charge is 0.276 e. The molecule has 0 aliphatic carbocycles. The number of amides is 1. The SMILES string of the molecule is Cc1oc(C2CCN(S(=O)(=O)c3ccc(F)cc3)CC2)nc1C(=O)N1CCCC1. The summed E-state index contributed by atoms with van der Waals surface area (Å²) in [4.78, 5) is 19.0. The first-order valence-electron chi connectivity index (χ1n) is 9.88. The molecule has 9 heteroatoms. The van der Waals surface area contributed by atoms with E-state index < -0.39 is 15.8 Å². The predicted molar refractivity (Wildman–Crippen MR) is 104 cm³/mol. The molecule has 156 valence electrons. The first kappa shape index (κ1) is 20.0. The number of aryl methyl sites for hydroxylation is 1. The number of aromatic nitrogens is 1. The quantitative estimate of drug-likeness (QED) is 0.758. The Hall–Kier alpha value is -2.26. The van der Waals surface area contributed by atoms with Crippen molar-refractivity contribution in [2.24, 2.45) is 0 Å². The van der Waals surface area contributed by atoms with Crippen molar-refractivity contribution in [1.29, 1.82) is 0 Å². The lowest BCUT2D eigenvalue weighted by Crippen LogP contribution is -2.38. The lowest BCUT2D eigenvalue weighted by atomic mass is 9.98. The van der Waals surface area contributed by atoms with Gasteiger partial charge in [0.15, 0.2) is 11.6 Å². The second kappa shape index (κ2) is 7.87. The third kappa shape index (κ3) is 3.93. The number of nitrogens with zero attached hydrogens (tertiary/aromatic N) is 3. The van der Waals surface area contributed by atoms with Gasteiger partial charge in [0, 0.05) is 32.1 Å². The van der Waals surface area contributed by atoms with E-state index >= 15 is 0 Å². The van der Waals surface area contributed by atoms with Crippen LogP contribution in [0.1, 0.15) is 53.7 Å². The number of sulfonamides is 1. The van der Waals surface area contributed by atoms with Crippen molar-refractivity contribution in [3.8, 4) is 0 Å². The van der Waals surface area contributed by atoms with Crippen LogP contribution in [-0.4, -0.2) is 54.7 Å². The van der Waals surface area contributed by atoms with Crippen molar-refractivity contribution >= 4 is 15.9 Å². The predicted octanol–water partition coefficient (Wildman–Crippen LogP) is 2.93. The van der Waals surface area contributed by atoms with Crippen molar-refractivity contribution in [2.75, 3.05) is 26.2 Å². The van der Waals surface area contributed by atoms with E-state index in [2.05, 4.69) is 4.98 Å². The largest absolute Gasteiger partial charge is 0.445 e. The summed E-state index contributed by atoms with van der Waals surface area (Å²) in [6, 6.07) is 4.86. The number of halogens is 1. The molecule has 0 atom stereocenters. The lowest BCUT2D eigenvalue weighted by Gasteiger charge is -2.29. The van der Waals surface area contributed by atoms with Crippen LogP contribution in [0, 0.1) is 12.7 Å². The minimum atomic E-state index is -3.66. The first-order valence-corrected chi connectivity index (χ1v) is 11.3. The van der Waals surface area contributed by atoms with Crippen molar-refractivity contribution in [1.82, 2.24) is 14.2 Å². The van der Waals surface area contributed by atoms with Crippen LogP contribution in [0.4, 0.5) is 4.39 Å². The highest BCUT2D eigenvalue weighted by Gasteiger charge is 2.33. The summed E-state index contributed by atoms with van der Waals surface area (Å²) >= 11 is 0. The minimum Gasteiger partial charge on any atom is -0.445 e. The second-order valence-corrected chi connectivity index (χ2v) is 9.53. The standard InChI is InChI=1S/C20H24FN3O4S/c1-14-18(20(25)23-10-2-3-11-23)22-19(28-14)15-8-12-24(13-9-15)29(26,27)17-6-4-16(21)5-7-17/h4-7,15H,2-3,8-13H2,1H3. The molecular formula is C20H24FN3O4S. The second-order valence-electron chi connectivity index (χ2n) is 7.59. The van der Waals surface area contributed by atoms with Gasteiger partial charge in [-0.15, -0.1) is 0 Å². The van der Waals surface area contributed by atoms with Crippen LogP contribution in [-0.2, 0) is 10.0 Å². The normalized spacial score (nSPS) is 19.0. The molecule has 0 N–H and O–H groups in total. The zero-order valence-electron chi connectivity index (χ0n) is 16.3. The van der Waals surface area contributed by atoms with Gasteiger partial charge in [0.05, 0.1) is 4.90 Å². The Morgan fingerprint density at radius 1 is 1.10 bits per heavy atom. The fourth-order valence-corrected chi connectivity index (χ4v) is 5.43. The molecule has 2 aliphatic rings. The van der Waals surface area contributed by atoms with Crippen molar-refractivity contribution in [3.63, 3.8) is 0 Å². The average molecular weight is 421 g/mol. The highest BCUT2D eigenvalue weighted by Crippen LogP contribution is 2.31. The number of rotatable bonds is 4. The van der Waals surface area contributed by atoms with E-state index in [1.807, 2.05) is 0 Å². The molecule has 2 aliphatic heterocycles. The first-order chi connectivity index (χ1) is 13.9. The summed E-state index contributed by atoms with van der Waals surface area (Å²) in [5.74, 6) is 0.420. The van der Waals surface area contributed by atoms with Crippen LogP contribution in [0.3, 0.4) is 0 Å². The molecule has 2 saturated heterocycles. The Morgan fingerprint density at radius 2 is 1.72 bits per heavy atom.